The van der Waals surface area contributed by atoms with Gasteiger partial charge in [0.15, 0.2) is 0 Å². The molecular formula is C16H25FN2. The molecule has 0 aromatic heterocycles. The second kappa shape index (κ2) is 7.01. The second-order valence-electron chi connectivity index (χ2n) is 5.56. The molecule has 1 aliphatic carbocycles. The first-order valence-electron chi connectivity index (χ1n) is 7.39. The topological polar surface area (TPSA) is 15.3 Å². The minimum atomic E-state index is -0.159. The zero-order chi connectivity index (χ0) is 13.7. The van der Waals surface area contributed by atoms with Gasteiger partial charge in [-0.3, -0.25) is 0 Å². The van der Waals surface area contributed by atoms with Gasteiger partial charge in [-0.2, -0.15) is 0 Å². The maximum atomic E-state index is 13.0. The lowest BCUT2D eigenvalue weighted by molar-refractivity contribution is 0.298. The van der Waals surface area contributed by atoms with Gasteiger partial charge in [-0.1, -0.05) is 19.1 Å². The molecule has 0 amide bonds. The molecule has 1 fully saturated rings. The van der Waals surface area contributed by atoms with Gasteiger partial charge in [0, 0.05) is 12.1 Å². The molecule has 0 radical (unpaired) electrons. The van der Waals surface area contributed by atoms with Crippen molar-refractivity contribution in [2.45, 2.75) is 44.7 Å². The number of hydrogen-bond acceptors (Lipinski definition) is 2. The van der Waals surface area contributed by atoms with Gasteiger partial charge in [-0.25, -0.2) is 4.39 Å². The third-order valence-corrected chi connectivity index (χ3v) is 3.85. The quantitative estimate of drug-likeness (QED) is 0.774. The van der Waals surface area contributed by atoms with E-state index in [4.69, 9.17) is 0 Å². The summed E-state index contributed by atoms with van der Waals surface area (Å²) in [5.41, 5.74) is 1.19. The van der Waals surface area contributed by atoms with Crippen molar-refractivity contribution in [2.24, 2.45) is 0 Å². The number of halogens is 1. The number of benzene rings is 1. The summed E-state index contributed by atoms with van der Waals surface area (Å²) in [4.78, 5) is 2.45. The van der Waals surface area contributed by atoms with Gasteiger partial charge in [-0.15, -0.1) is 0 Å². The van der Waals surface area contributed by atoms with Crippen LogP contribution in [0.1, 0.15) is 44.2 Å². The molecule has 0 heterocycles. The standard InChI is InChI=1S/C16H25FN2/c1-3-11-18-16(10-12-19(2)15-8-9-15)13-4-6-14(17)7-5-13/h4-7,15-16,18H,3,8-12H2,1-2H3. The molecule has 1 unspecified atom stereocenters. The van der Waals surface area contributed by atoms with Crippen LogP contribution in [0.5, 0.6) is 0 Å². The minimum absolute atomic E-state index is 0.159. The van der Waals surface area contributed by atoms with Crippen LogP contribution in [0.25, 0.3) is 0 Å². The summed E-state index contributed by atoms with van der Waals surface area (Å²) < 4.78 is 13.0. The number of nitrogens with one attached hydrogen (secondary N) is 1. The van der Waals surface area contributed by atoms with Crippen LogP contribution in [0.3, 0.4) is 0 Å². The number of nitrogens with zero attached hydrogens (tertiary/aromatic N) is 1. The maximum Gasteiger partial charge on any atom is 0.123 e. The molecule has 106 valence electrons. The van der Waals surface area contributed by atoms with Crippen molar-refractivity contribution in [3.05, 3.63) is 35.6 Å². The van der Waals surface area contributed by atoms with Gasteiger partial charge >= 0.3 is 0 Å². The Labute approximate surface area is 116 Å². The summed E-state index contributed by atoms with van der Waals surface area (Å²) in [7, 11) is 2.21. The van der Waals surface area contributed by atoms with E-state index in [0.717, 1.165) is 32.0 Å². The Hall–Kier alpha value is -0.930. The first-order chi connectivity index (χ1) is 9.20. The lowest BCUT2D eigenvalue weighted by atomic mass is 10.0. The van der Waals surface area contributed by atoms with Crippen LogP contribution in [-0.2, 0) is 0 Å². The fourth-order valence-corrected chi connectivity index (χ4v) is 2.43. The van der Waals surface area contributed by atoms with Crippen molar-refractivity contribution < 1.29 is 4.39 Å². The highest BCUT2D eigenvalue weighted by Gasteiger charge is 2.26. The Bertz CT molecular complexity index is 373. The van der Waals surface area contributed by atoms with Crippen molar-refractivity contribution in [1.29, 1.82) is 0 Å². The molecule has 2 nitrogen and oxygen atoms in total. The summed E-state index contributed by atoms with van der Waals surface area (Å²) in [6.07, 6.45) is 4.90. The minimum Gasteiger partial charge on any atom is -0.310 e. The second-order valence-corrected chi connectivity index (χ2v) is 5.56. The van der Waals surface area contributed by atoms with Crippen molar-refractivity contribution in [3.8, 4) is 0 Å². The molecule has 0 aliphatic heterocycles. The Morgan fingerprint density at radius 1 is 1.32 bits per heavy atom. The molecule has 2 rings (SSSR count). The van der Waals surface area contributed by atoms with Gasteiger partial charge in [-0.05, 0) is 63.5 Å². The summed E-state index contributed by atoms with van der Waals surface area (Å²) in [5, 5.41) is 3.57. The molecule has 1 atom stereocenters. The van der Waals surface area contributed by atoms with E-state index in [9.17, 15) is 4.39 Å². The molecule has 1 aromatic carbocycles. The van der Waals surface area contributed by atoms with E-state index in [2.05, 4.69) is 24.2 Å². The van der Waals surface area contributed by atoms with Crippen LogP contribution in [-0.4, -0.2) is 31.1 Å². The largest absolute Gasteiger partial charge is 0.310 e. The summed E-state index contributed by atoms with van der Waals surface area (Å²) in [6, 6.07) is 8.06. The van der Waals surface area contributed by atoms with E-state index in [1.54, 1.807) is 12.1 Å². The molecule has 1 aromatic rings. The molecule has 1 aliphatic rings. The first kappa shape index (κ1) is 14.5. The average molecular weight is 264 g/mol. The maximum absolute atomic E-state index is 13.0. The molecule has 1 saturated carbocycles. The third-order valence-electron chi connectivity index (χ3n) is 3.85. The molecule has 0 saturated heterocycles. The van der Waals surface area contributed by atoms with E-state index >= 15 is 0 Å². The van der Waals surface area contributed by atoms with Crippen molar-refractivity contribution in [3.63, 3.8) is 0 Å². The van der Waals surface area contributed by atoms with Crippen molar-refractivity contribution >= 4 is 0 Å². The molecule has 0 bridgehead atoms. The van der Waals surface area contributed by atoms with Crippen LogP contribution in [0.4, 0.5) is 4.39 Å². The van der Waals surface area contributed by atoms with E-state index < -0.39 is 0 Å². The Morgan fingerprint density at radius 3 is 2.58 bits per heavy atom. The molecule has 3 heteroatoms. The highest BCUT2D eigenvalue weighted by atomic mass is 19.1. The van der Waals surface area contributed by atoms with E-state index in [0.29, 0.717) is 6.04 Å². The monoisotopic (exact) mass is 264 g/mol. The highest BCUT2D eigenvalue weighted by molar-refractivity contribution is 5.20. The van der Waals surface area contributed by atoms with E-state index in [1.807, 2.05) is 12.1 Å². The SMILES string of the molecule is CCCNC(CCN(C)C1CC1)c1ccc(F)cc1. The smallest absolute Gasteiger partial charge is 0.123 e. The highest BCUT2D eigenvalue weighted by Crippen LogP contribution is 2.26. The summed E-state index contributed by atoms with van der Waals surface area (Å²) in [6.45, 7) is 4.28. The molecule has 19 heavy (non-hydrogen) atoms. The molecular weight excluding hydrogens is 239 g/mol. The van der Waals surface area contributed by atoms with Crippen LogP contribution in [0, 0.1) is 5.82 Å². The summed E-state index contributed by atoms with van der Waals surface area (Å²) in [5.74, 6) is -0.159. The first-order valence-corrected chi connectivity index (χ1v) is 7.39. The van der Waals surface area contributed by atoms with Gasteiger partial charge in [0.05, 0.1) is 0 Å². The Balaban J connectivity index is 1.91. The van der Waals surface area contributed by atoms with Gasteiger partial charge < -0.3 is 10.2 Å². The number of rotatable bonds is 8. The molecule has 0 spiro atoms. The van der Waals surface area contributed by atoms with Crippen molar-refractivity contribution in [1.82, 2.24) is 10.2 Å². The van der Waals surface area contributed by atoms with E-state index in [-0.39, 0.29) is 5.82 Å². The van der Waals surface area contributed by atoms with Crippen LogP contribution in [0.2, 0.25) is 0 Å². The lowest BCUT2D eigenvalue weighted by Gasteiger charge is -2.23. The van der Waals surface area contributed by atoms with Gasteiger partial charge in [0.2, 0.25) is 0 Å². The third kappa shape index (κ3) is 4.59. The van der Waals surface area contributed by atoms with Crippen LogP contribution < -0.4 is 5.32 Å². The normalized spacial score (nSPS) is 16.8. The Kier molecular flexibility index (Phi) is 5.34. The predicted molar refractivity (Wildman–Crippen MR) is 77.7 cm³/mol. The van der Waals surface area contributed by atoms with E-state index in [1.165, 1.54) is 18.4 Å². The van der Waals surface area contributed by atoms with Crippen LogP contribution in [0.15, 0.2) is 24.3 Å². The van der Waals surface area contributed by atoms with Crippen molar-refractivity contribution in [2.75, 3.05) is 20.1 Å². The zero-order valence-electron chi connectivity index (χ0n) is 12.0. The van der Waals surface area contributed by atoms with Crippen LogP contribution >= 0.6 is 0 Å². The predicted octanol–water partition coefficient (Wildman–Crippen LogP) is 3.35. The Morgan fingerprint density at radius 2 is 2.00 bits per heavy atom. The zero-order valence-corrected chi connectivity index (χ0v) is 12.0. The lowest BCUT2D eigenvalue weighted by Crippen LogP contribution is -2.29. The molecule has 1 N–H and O–H groups in total. The van der Waals surface area contributed by atoms with Gasteiger partial charge in [0.1, 0.15) is 5.82 Å². The summed E-state index contributed by atoms with van der Waals surface area (Å²) >= 11 is 0. The number of hydrogen-bond donors (Lipinski definition) is 1. The average Bonchev–Trinajstić information content (AvgIpc) is 3.24. The van der Waals surface area contributed by atoms with Gasteiger partial charge in [0.25, 0.3) is 0 Å². The fraction of sp³-hybridized carbons (Fsp3) is 0.625. The fourth-order valence-electron chi connectivity index (χ4n) is 2.43.